The van der Waals surface area contributed by atoms with Crippen molar-refractivity contribution in [3.8, 4) is 5.75 Å². The number of benzene rings is 1. The number of ketones is 1. The largest absolute Gasteiger partial charge is 0.497 e. The first-order valence-electron chi connectivity index (χ1n) is 4.30. The smallest absolute Gasteiger partial charge is 0.161 e. The summed E-state index contributed by atoms with van der Waals surface area (Å²) in [6, 6.07) is 7.41. The van der Waals surface area contributed by atoms with E-state index in [0.717, 1.165) is 11.3 Å². The van der Waals surface area contributed by atoms with E-state index in [4.69, 9.17) is 10.5 Å². The lowest BCUT2D eigenvalue weighted by atomic mass is 10.1. The molecule has 0 fully saturated rings. The Balaban J connectivity index is 2.71. The lowest BCUT2D eigenvalue weighted by Crippen LogP contribution is -1.99. The molecule has 0 bridgehead atoms. The van der Waals surface area contributed by atoms with Crippen LogP contribution in [0, 0.1) is 0 Å². The van der Waals surface area contributed by atoms with Gasteiger partial charge in [-0.05, 0) is 30.0 Å². The van der Waals surface area contributed by atoms with Crippen LogP contribution in [0.15, 0.2) is 36.5 Å². The van der Waals surface area contributed by atoms with Crippen molar-refractivity contribution in [3.05, 3.63) is 42.1 Å². The van der Waals surface area contributed by atoms with Crippen molar-refractivity contribution in [2.24, 2.45) is 5.73 Å². The van der Waals surface area contributed by atoms with E-state index in [1.165, 1.54) is 12.3 Å². The second kappa shape index (κ2) is 5.07. The summed E-state index contributed by atoms with van der Waals surface area (Å²) in [5, 5.41) is 0. The molecule has 1 rings (SSSR count). The van der Waals surface area contributed by atoms with Crippen LogP contribution in [0.1, 0.15) is 5.56 Å². The maximum Gasteiger partial charge on any atom is 0.161 e. The van der Waals surface area contributed by atoms with Gasteiger partial charge in [0.2, 0.25) is 0 Å². The van der Waals surface area contributed by atoms with E-state index in [1.54, 1.807) is 7.11 Å². The first-order chi connectivity index (χ1) is 6.76. The molecule has 0 saturated carbocycles. The lowest BCUT2D eigenvalue weighted by molar-refractivity contribution is -0.114. The second-order valence-electron chi connectivity index (χ2n) is 2.85. The zero-order valence-electron chi connectivity index (χ0n) is 8.07. The standard InChI is InChI=1S/C11H13NO2/c1-14-11-4-2-3-9(8-11)7-10(13)5-6-12/h2-6,8H,7,12H2,1H3. The number of carbonyl (C=O) groups is 1. The Morgan fingerprint density at radius 3 is 3.00 bits per heavy atom. The molecular formula is C11H13NO2. The Kier molecular flexibility index (Phi) is 3.73. The van der Waals surface area contributed by atoms with E-state index >= 15 is 0 Å². The summed E-state index contributed by atoms with van der Waals surface area (Å²) >= 11 is 0. The number of hydrogen-bond acceptors (Lipinski definition) is 3. The van der Waals surface area contributed by atoms with Gasteiger partial charge in [-0.3, -0.25) is 4.79 Å². The van der Waals surface area contributed by atoms with Gasteiger partial charge in [0.05, 0.1) is 7.11 Å². The highest BCUT2D eigenvalue weighted by Gasteiger charge is 2.00. The van der Waals surface area contributed by atoms with Crippen LogP contribution in [0.3, 0.4) is 0 Å². The predicted octanol–water partition coefficient (Wildman–Crippen LogP) is 1.28. The summed E-state index contributed by atoms with van der Waals surface area (Å²) in [5.41, 5.74) is 6.04. The molecule has 2 N–H and O–H groups in total. The van der Waals surface area contributed by atoms with Gasteiger partial charge in [-0.1, -0.05) is 12.1 Å². The quantitative estimate of drug-likeness (QED) is 0.729. The van der Waals surface area contributed by atoms with Crippen molar-refractivity contribution >= 4 is 5.78 Å². The molecule has 0 heterocycles. The van der Waals surface area contributed by atoms with Gasteiger partial charge in [-0.15, -0.1) is 0 Å². The van der Waals surface area contributed by atoms with E-state index in [-0.39, 0.29) is 5.78 Å². The van der Waals surface area contributed by atoms with E-state index in [9.17, 15) is 4.79 Å². The summed E-state index contributed by atoms with van der Waals surface area (Å²) in [7, 11) is 1.60. The van der Waals surface area contributed by atoms with Gasteiger partial charge in [0.25, 0.3) is 0 Å². The first kappa shape index (κ1) is 10.3. The molecule has 1 aromatic rings. The zero-order chi connectivity index (χ0) is 10.4. The van der Waals surface area contributed by atoms with Crippen LogP contribution >= 0.6 is 0 Å². The number of allylic oxidation sites excluding steroid dienone is 1. The van der Waals surface area contributed by atoms with Gasteiger partial charge in [0, 0.05) is 6.42 Å². The summed E-state index contributed by atoms with van der Waals surface area (Å²) < 4.78 is 5.04. The number of carbonyl (C=O) groups excluding carboxylic acids is 1. The van der Waals surface area contributed by atoms with E-state index in [0.29, 0.717) is 6.42 Å². The molecule has 0 aromatic heterocycles. The number of ether oxygens (including phenoxy) is 1. The van der Waals surface area contributed by atoms with Crippen molar-refractivity contribution in [2.45, 2.75) is 6.42 Å². The lowest BCUT2D eigenvalue weighted by Gasteiger charge is -2.01. The van der Waals surface area contributed by atoms with Crippen LogP contribution in [0.4, 0.5) is 0 Å². The molecule has 0 radical (unpaired) electrons. The molecule has 3 heteroatoms. The summed E-state index contributed by atoms with van der Waals surface area (Å²) in [4.78, 5) is 11.2. The van der Waals surface area contributed by atoms with E-state index in [2.05, 4.69) is 0 Å². The molecular weight excluding hydrogens is 178 g/mol. The molecule has 0 atom stereocenters. The molecule has 0 spiro atoms. The van der Waals surface area contributed by atoms with Crippen LogP contribution in [0.25, 0.3) is 0 Å². The number of rotatable bonds is 4. The number of hydrogen-bond donors (Lipinski definition) is 1. The average Bonchev–Trinajstić information content (AvgIpc) is 2.18. The summed E-state index contributed by atoms with van der Waals surface area (Å²) in [5.74, 6) is 0.743. The van der Waals surface area contributed by atoms with E-state index < -0.39 is 0 Å². The molecule has 74 valence electrons. The second-order valence-corrected chi connectivity index (χ2v) is 2.85. The number of nitrogens with two attached hydrogens (primary N) is 1. The first-order valence-corrected chi connectivity index (χ1v) is 4.30. The molecule has 0 aliphatic carbocycles. The molecule has 0 saturated heterocycles. The van der Waals surface area contributed by atoms with Crippen LogP contribution in [-0.2, 0) is 11.2 Å². The third-order valence-corrected chi connectivity index (χ3v) is 1.79. The monoisotopic (exact) mass is 191 g/mol. The topological polar surface area (TPSA) is 52.3 Å². The maximum absolute atomic E-state index is 11.2. The molecule has 3 nitrogen and oxygen atoms in total. The SMILES string of the molecule is COc1cccc(CC(=O)C=CN)c1. The van der Waals surface area contributed by atoms with Crippen molar-refractivity contribution in [2.75, 3.05) is 7.11 Å². The van der Waals surface area contributed by atoms with Gasteiger partial charge in [-0.2, -0.15) is 0 Å². The van der Waals surface area contributed by atoms with Gasteiger partial charge in [0.15, 0.2) is 5.78 Å². The molecule has 0 aliphatic heterocycles. The van der Waals surface area contributed by atoms with Crippen LogP contribution in [0.2, 0.25) is 0 Å². The normalized spacial score (nSPS) is 10.4. The Bertz CT molecular complexity index is 345. The predicted molar refractivity (Wildman–Crippen MR) is 55.0 cm³/mol. The summed E-state index contributed by atoms with van der Waals surface area (Å²) in [6.45, 7) is 0. The Morgan fingerprint density at radius 2 is 2.36 bits per heavy atom. The fourth-order valence-electron chi connectivity index (χ4n) is 1.15. The molecule has 0 unspecified atom stereocenters. The Labute approximate surface area is 83.2 Å². The van der Waals surface area contributed by atoms with Crippen molar-refractivity contribution < 1.29 is 9.53 Å². The van der Waals surface area contributed by atoms with Crippen LogP contribution < -0.4 is 10.5 Å². The third kappa shape index (κ3) is 2.94. The Hall–Kier alpha value is -1.77. The molecule has 14 heavy (non-hydrogen) atoms. The van der Waals surface area contributed by atoms with Crippen molar-refractivity contribution in [3.63, 3.8) is 0 Å². The minimum absolute atomic E-state index is 0.0132. The Morgan fingerprint density at radius 1 is 1.57 bits per heavy atom. The van der Waals surface area contributed by atoms with Crippen molar-refractivity contribution in [1.82, 2.24) is 0 Å². The van der Waals surface area contributed by atoms with Gasteiger partial charge in [-0.25, -0.2) is 0 Å². The zero-order valence-corrected chi connectivity index (χ0v) is 8.07. The van der Waals surface area contributed by atoms with Crippen LogP contribution in [-0.4, -0.2) is 12.9 Å². The molecule has 1 aromatic carbocycles. The minimum atomic E-state index is -0.0132. The fourth-order valence-corrected chi connectivity index (χ4v) is 1.15. The van der Waals surface area contributed by atoms with Crippen LogP contribution in [0.5, 0.6) is 5.75 Å². The van der Waals surface area contributed by atoms with Gasteiger partial charge >= 0.3 is 0 Å². The van der Waals surface area contributed by atoms with Crippen molar-refractivity contribution in [1.29, 1.82) is 0 Å². The third-order valence-electron chi connectivity index (χ3n) is 1.79. The highest BCUT2D eigenvalue weighted by molar-refractivity contribution is 5.91. The highest BCUT2D eigenvalue weighted by atomic mass is 16.5. The fraction of sp³-hybridized carbons (Fsp3) is 0.182. The van der Waals surface area contributed by atoms with E-state index in [1.807, 2.05) is 24.3 Å². The minimum Gasteiger partial charge on any atom is -0.497 e. The van der Waals surface area contributed by atoms with Gasteiger partial charge in [0.1, 0.15) is 5.75 Å². The molecule has 0 amide bonds. The number of methoxy groups -OCH3 is 1. The summed E-state index contributed by atoms with van der Waals surface area (Å²) in [6.07, 6.45) is 2.97. The maximum atomic E-state index is 11.2. The van der Waals surface area contributed by atoms with Gasteiger partial charge < -0.3 is 10.5 Å². The molecule has 0 aliphatic rings. The average molecular weight is 191 g/mol. The highest BCUT2D eigenvalue weighted by Crippen LogP contribution is 2.13.